The van der Waals surface area contributed by atoms with Gasteiger partial charge in [-0.25, -0.2) is 4.98 Å². The Kier molecular flexibility index (Phi) is 5.61. The summed E-state index contributed by atoms with van der Waals surface area (Å²) in [6, 6.07) is 13.5. The summed E-state index contributed by atoms with van der Waals surface area (Å²) < 4.78 is 1.52. The van der Waals surface area contributed by atoms with Crippen molar-refractivity contribution in [1.29, 1.82) is 0 Å². The third-order valence-electron chi connectivity index (χ3n) is 5.22. The second kappa shape index (κ2) is 8.35. The van der Waals surface area contributed by atoms with Crippen molar-refractivity contribution < 1.29 is 4.79 Å². The Bertz CT molecular complexity index is 1420. The summed E-state index contributed by atoms with van der Waals surface area (Å²) in [5.74, 6) is 0.0688. The number of hydrogen-bond acceptors (Lipinski definition) is 4. The molecule has 7 nitrogen and oxygen atoms in total. The van der Waals surface area contributed by atoms with Gasteiger partial charge in [0.1, 0.15) is 5.82 Å². The summed E-state index contributed by atoms with van der Waals surface area (Å²) in [6.07, 6.45) is 0.707. The van der Waals surface area contributed by atoms with Gasteiger partial charge < -0.3 is 14.5 Å². The van der Waals surface area contributed by atoms with Crippen LogP contribution in [0.25, 0.3) is 21.8 Å². The van der Waals surface area contributed by atoms with Crippen LogP contribution in [0.2, 0.25) is 5.02 Å². The Balaban J connectivity index is 1.77. The van der Waals surface area contributed by atoms with E-state index in [2.05, 4.69) is 9.97 Å². The fourth-order valence-electron chi connectivity index (χ4n) is 3.70. The lowest BCUT2D eigenvalue weighted by Crippen LogP contribution is -2.34. The molecule has 0 spiro atoms. The molecule has 2 heterocycles. The van der Waals surface area contributed by atoms with Crippen molar-refractivity contribution in [2.45, 2.75) is 19.9 Å². The van der Waals surface area contributed by atoms with Crippen LogP contribution in [0.3, 0.4) is 0 Å². The quantitative estimate of drug-likeness (QED) is 0.518. The number of aryl methyl sites for hydroxylation is 1. The fourth-order valence-corrected chi connectivity index (χ4v) is 3.86. The maximum atomic E-state index is 13.5. The van der Waals surface area contributed by atoms with Crippen molar-refractivity contribution in [3.05, 3.63) is 85.6 Å². The molecule has 0 unspecified atom stereocenters. The van der Waals surface area contributed by atoms with Crippen LogP contribution >= 0.6 is 11.6 Å². The number of benzene rings is 2. The molecule has 4 rings (SSSR count). The van der Waals surface area contributed by atoms with Gasteiger partial charge in [0.2, 0.25) is 0 Å². The smallest absolute Gasteiger partial charge is 0.258 e. The van der Waals surface area contributed by atoms with Gasteiger partial charge in [-0.1, -0.05) is 36.7 Å². The Morgan fingerprint density at radius 2 is 1.90 bits per heavy atom. The van der Waals surface area contributed by atoms with E-state index in [-0.39, 0.29) is 23.6 Å². The number of fused-ring (bicyclic) bond motifs is 2. The molecule has 1 N–H and O–H groups in total. The zero-order chi connectivity index (χ0) is 22.1. The van der Waals surface area contributed by atoms with E-state index in [1.54, 1.807) is 30.1 Å². The number of aromatic nitrogens is 3. The van der Waals surface area contributed by atoms with Crippen LogP contribution in [-0.4, -0.2) is 31.9 Å². The average molecular weight is 437 g/mol. The Morgan fingerprint density at radius 1 is 1.13 bits per heavy atom. The summed E-state index contributed by atoms with van der Waals surface area (Å²) in [7, 11) is 1.68. The van der Waals surface area contributed by atoms with Crippen LogP contribution in [0.15, 0.2) is 58.1 Å². The lowest BCUT2D eigenvalue weighted by molar-refractivity contribution is 0.0740. The number of para-hydroxylation sites is 1. The molecule has 0 saturated carbocycles. The van der Waals surface area contributed by atoms with E-state index >= 15 is 0 Å². The van der Waals surface area contributed by atoms with Gasteiger partial charge >= 0.3 is 0 Å². The number of rotatable bonds is 5. The third kappa shape index (κ3) is 3.96. The highest BCUT2D eigenvalue weighted by Gasteiger charge is 2.21. The summed E-state index contributed by atoms with van der Waals surface area (Å²) in [5, 5.41) is 1.60. The number of hydrogen-bond donors (Lipinski definition) is 1. The summed E-state index contributed by atoms with van der Waals surface area (Å²) in [6.45, 7) is 2.51. The van der Waals surface area contributed by atoms with Gasteiger partial charge in [-0.15, -0.1) is 0 Å². The number of halogens is 1. The number of nitrogens with zero attached hydrogens (tertiary/aromatic N) is 3. The third-order valence-corrected chi connectivity index (χ3v) is 5.46. The average Bonchev–Trinajstić information content (AvgIpc) is 2.75. The number of amides is 1. The van der Waals surface area contributed by atoms with Crippen LogP contribution in [0.1, 0.15) is 29.5 Å². The van der Waals surface area contributed by atoms with Gasteiger partial charge in [-0.05, 0) is 30.7 Å². The molecule has 0 aliphatic rings. The van der Waals surface area contributed by atoms with E-state index in [1.807, 2.05) is 31.2 Å². The minimum absolute atomic E-state index is 0.105. The van der Waals surface area contributed by atoms with E-state index in [0.29, 0.717) is 51.2 Å². The molecular formula is C23H21ClN4O3. The molecule has 0 fully saturated rings. The minimum atomic E-state index is -0.292. The van der Waals surface area contributed by atoms with Gasteiger partial charge in [0.25, 0.3) is 17.0 Å². The highest BCUT2D eigenvalue weighted by molar-refractivity contribution is 6.31. The van der Waals surface area contributed by atoms with Gasteiger partial charge in [0.05, 0.1) is 28.5 Å². The van der Waals surface area contributed by atoms with Gasteiger partial charge in [-0.2, -0.15) is 0 Å². The zero-order valence-corrected chi connectivity index (χ0v) is 17.9. The van der Waals surface area contributed by atoms with Crippen molar-refractivity contribution in [2.75, 3.05) is 6.54 Å². The minimum Gasteiger partial charge on any atom is -0.331 e. The first-order chi connectivity index (χ1) is 14.9. The molecule has 2 aromatic heterocycles. The number of pyridine rings is 1. The largest absolute Gasteiger partial charge is 0.331 e. The van der Waals surface area contributed by atoms with E-state index in [9.17, 15) is 14.4 Å². The second-order valence-corrected chi connectivity index (χ2v) is 7.81. The van der Waals surface area contributed by atoms with E-state index in [0.717, 1.165) is 0 Å². The molecule has 4 aromatic rings. The number of carbonyl (C=O) groups excluding carboxylic acids is 1. The first kappa shape index (κ1) is 20.8. The number of aromatic amines is 1. The lowest BCUT2D eigenvalue weighted by Gasteiger charge is -2.23. The maximum absolute atomic E-state index is 13.5. The van der Waals surface area contributed by atoms with Gasteiger partial charge in [0, 0.05) is 30.1 Å². The molecule has 0 saturated heterocycles. The SMILES string of the molecule is CCCN(Cc1nc2cc(Cl)ccc2c(=O)[nH]1)C(=O)c1cc(=O)n(C)c2ccccc12. The number of carbonyl (C=O) groups is 1. The first-order valence-electron chi connectivity index (χ1n) is 9.95. The van der Waals surface area contributed by atoms with E-state index < -0.39 is 0 Å². The summed E-state index contributed by atoms with van der Waals surface area (Å²) in [5.41, 5.74) is 0.930. The monoisotopic (exact) mass is 436 g/mol. The molecule has 0 bridgehead atoms. The highest BCUT2D eigenvalue weighted by Crippen LogP contribution is 2.20. The van der Waals surface area contributed by atoms with Crippen LogP contribution < -0.4 is 11.1 Å². The summed E-state index contributed by atoms with van der Waals surface area (Å²) >= 11 is 6.04. The van der Waals surface area contributed by atoms with Crippen LogP contribution in [0, 0.1) is 0 Å². The molecule has 31 heavy (non-hydrogen) atoms. The van der Waals surface area contributed by atoms with E-state index in [4.69, 9.17) is 11.6 Å². The van der Waals surface area contributed by atoms with Crippen LogP contribution in [0.5, 0.6) is 0 Å². The van der Waals surface area contributed by atoms with Crippen molar-refractivity contribution in [1.82, 2.24) is 19.4 Å². The normalized spacial score (nSPS) is 11.2. The van der Waals surface area contributed by atoms with Crippen molar-refractivity contribution >= 4 is 39.3 Å². The first-order valence-corrected chi connectivity index (χ1v) is 10.3. The molecule has 1 amide bonds. The second-order valence-electron chi connectivity index (χ2n) is 7.37. The molecule has 0 radical (unpaired) electrons. The molecular weight excluding hydrogens is 416 g/mol. The fraction of sp³-hybridized carbons (Fsp3) is 0.217. The molecule has 8 heteroatoms. The van der Waals surface area contributed by atoms with Crippen molar-refractivity contribution in [2.24, 2.45) is 7.05 Å². The van der Waals surface area contributed by atoms with Crippen molar-refractivity contribution in [3.63, 3.8) is 0 Å². The topological polar surface area (TPSA) is 88.1 Å². The predicted molar refractivity (Wildman–Crippen MR) is 122 cm³/mol. The molecule has 0 aliphatic heterocycles. The van der Waals surface area contributed by atoms with E-state index in [1.165, 1.54) is 10.6 Å². The standard InChI is InChI=1S/C23H21ClN4O3/c1-3-10-28(13-20-25-18-11-14(24)8-9-16(18)22(30)26-20)23(31)17-12-21(29)27(2)19-7-5-4-6-15(17)19/h4-9,11-12H,3,10,13H2,1-2H3,(H,25,26,30). The maximum Gasteiger partial charge on any atom is 0.258 e. The Morgan fingerprint density at radius 3 is 2.68 bits per heavy atom. The van der Waals surface area contributed by atoms with Crippen molar-refractivity contribution in [3.8, 4) is 0 Å². The Labute approximate surface area is 182 Å². The van der Waals surface area contributed by atoms with Crippen LogP contribution in [-0.2, 0) is 13.6 Å². The highest BCUT2D eigenvalue weighted by atomic mass is 35.5. The molecule has 0 aliphatic carbocycles. The zero-order valence-electron chi connectivity index (χ0n) is 17.2. The predicted octanol–water partition coefficient (Wildman–Crippen LogP) is 3.48. The van der Waals surface area contributed by atoms with Crippen LogP contribution in [0.4, 0.5) is 0 Å². The van der Waals surface area contributed by atoms with Gasteiger partial charge in [-0.3, -0.25) is 14.4 Å². The summed E-state index contributed by atoms with van der Waals surface area (Å²) in [4.78, 5) is 47.2. The molecule has 0 atom stereocenters. The molecule has 158 valence electrons. The number of H-pyrrole nitrogens is 1. The molecule has 2 aromatic carbocycles. The Hall–Kier alpha value is -3.45. The number of nitrogens with one attached hydrogen (secondary N) is 1. The lowest BCUT2D eigenvalue weighted by atomic mass is 10.1. The van der Waals surface area contributed by atoms with Gasteiger partial charge in [0.15, 0.2) is 0 Å².